The fraction of sp³-hybridized carbons (Fsp3) is 0.150. The van der Waals surface area contributed by atoms with E-state index < -0.39 is 10.0 Å². The van der Waals surface area contributed by atoms with E-state index in [0.29, 0.717) is 22.7 Å². The Balaban J connectivity index is 1.67. The van der Waals surface area contributed by atoms with Gasteiger partial charge < -0.3 is 10.1 Å². The minimum atomic E-state index is -3.61. The highest BCUT2D eigenvalue weighted by atomic mass is 32.2. The summed E-state index contributed by atoms with van der Waals surface area (Å²) in [4.78, 5) is 12.4. The average Bonchev–Trinajstić information content (AvgIpc) is 3.17. The number of hydrogen-bond acceptors (Lipinski definition) is 5. The molecule has 0 aliphatic rings. The zero-order valence-corrected chi connectivity index (χ0v) is 17.0. The molecular formula is C20H20N2O4S2. The summed E-state index contributed by atoms with van der Waals surface area (Å²) in [5, 5.41) is 4.50. The number of thiophene rings is 1. The van der Waals surface area contributed by atoms with Gasteiger partial charge >= 0.3 is 0 Å². The van der Waals surface area contributed by atoms with E-state index in [4.69, 9.17) is 4.74 Å². The molecule has 8 heteroatoms. The number of rotatable bonds is 7. The van der Waals surface area contributed by atoms with E-state index >= 15 is 0 Å². The van der Waals surface area contributed by atoms with Gasteiger partial charge in [0.25, 0.3) is 15.9 Å². The van der Waals surface area contributed by atoms with E-state index in [1.165, 1.54) is 6.07 Å². The second-order valence-electron chi connectivity index (χ2n) is 6.26. The van der Waals surface area contributed by atoms with Crippen LogP contribution in [0.15, 0.2) is 70.3 Å². The molecule has 2 aromatic carbocycles. The first-order chi connectivity index (χ1) is 13.3. The van der Waals surface area contributed by atoms with E-state index in [9.17, 15) is 13.2 Å². The van der Waals surface area contributed by atoms with Gasteiger partial charge in [-0.05, 0) is 61.7 Å². The third-order valence-electron chi connectivity index (χ3n) is 3.62. The third-order valence-corrected chi connectivity index (χ3v) is 6.40. The zero-order chi connectivity index (χ0) is 20.1. The minimum Gasteiger partial charge on any atom is -0.491 e. The van der Waals surface area contributed by atoms with Gasteiger partial charge in [0.2, 0.25) is 0 Å². The lowest BCUT2D eigenvalue weighted by Gasteiger charge is -2.12. The lowest BCUT2D eigenvalue weighted by atomic mass is 10.2. The lowest BCUT2D eigenvalue weighted by molar-refractivity contribution is 0.102. The molecule has 28 heavy (non-hydrogen) atoms. The molecule has 1 heterocycles. The third kappa shape index (κ3) is 5.11. The maximum absolute atomic E-state index is 12.4. The van der Waals surface area contributed by atoms with Crippen molar-refractivity contribution >= 4 is 38.6 Å². The van der Waals surface area contributed by atoms with E-state index in [-0.39, 0.29) is 16.2 Å². The Morgan fingerprint density at radius 1 is 1.00 bits per heavy atom. The van der Waals surface area contributed by atoms with Crippen LogP contribution in [-0.2, 0) is 10.0 Å². The number of nitrogens with one attached hydrogen (secondary N) is 2. The first kappa shape index (κ1) is 19.9. The molecule has 0 aliphatic heterocycles. The van der Waals surface area contributed by atoms with Gasteiger partial charge in [0.15, 0.2) is 0 Å². The van der Waals surface area contributed by atoms with E-state index in [0.717, 1.165) is 11.3 Å². The van der Waals surface area contributed by atoms with Crippen molar-refractivity contribution in [2.24, 2.45) is 0 Å². The second-order valence-corrected chi connectivity index (χ2v) is 9.12. The molecule has 1 amide bonds. The summed E-state index contributed by atoms with van der Waals surface area (Å²) in [6, 6.07) is 16.6. The van der Waals surface area contributed by atoms with Crippen LogP contribution in [0.1, 0.15) is 24.2 Å². The molecule has 0 spiro atoms. The minimum absolute atomic E-state index is 0.0384. The van der Waals surface area contributed by atoms with Crippen LogP contribution in [0.4, 0.5) is 11.4 Å². The van der Waals surface area contributed by atoms with Crippen LogP contribution < -0.4 is 14.8 Å². The maximum Gasteiger partial charge on any atom is 0.271 e. The fourth-order valence-corrected chi connectivity index (χ4v) is 4.49. The molecule has 0 unspecified atom stereocenters. The highest BCUT2D eigenvalue weighted by Gasteiger charge is 2.15. The molecule has 3 aromatic rings. The monoisotopic (exact) mass is 416 g/mol. The van der Waals surface area contributed by atoms with Gasteiger partial charge in [0, 0.05) is 23.0 Å². The Kier molecular flexibility index (Phi) is 6.01. The number of carbonyl (C=O) groups is 1. The number of benzene rings is 2. The van der Waals surface area contributed by atoms with Crippen LogP contribution in [0, 0.1) is 0 Å². The molecule has 0 saturated carbocycles. The summed E-state index contributed by atoms with van der Waals surface area (Å²) in [5.41, 5.74) is 1.41. The van der Waals surface area contributed by atoms with E-state index in [1.54, 1.807) is 53.9 Å². The van der Waals surface area contributed by atoms with Crippen LogP contribution >= 0.6 is 11.3 Å². The van der Waals surface area contributed by atoms with E-state index in [2.05, 4.69) is 10.0 Å². The molecule has 3 rings (SSSR count). The highest BCUT2D eigenvalue weighted by molar-refractivity contribution is 7.94. The van der Waals surface area contributed by atoms with Gasteiger partial charge in [-0.3, -0.25) is 9.52 Å². The number of carbonyl (C=O) groups excluding carboxylic acids is 1. The molecular weight excluding hydrogens is 396 g/mol. The Morgan fingerprint density at radius 3 is 2.39 bits per heavy atom. The number of sulfonamides is 1. The molecule has 6 nitrogen and oxygen atoms in total. The molecule has 1 aromatic heterocycles. The lowest BCUT2D eigenvalue weighted by Crippen LogP contribution is -2.13. The Labute approximate surface area is 168 Å². The fourth-order valence-electron chi connectivity index (χ4n) is 2.43. The summed E-state index contributed by atoms with van der Waals surface area (Å²) >= 11 is 1.14. The van der Waals surface area contributed by atoms with Gasteiger partial charge in [-0.25, -0.2) is 8.42 Å². The standard InChI is InChI=1S/C20H20N2O4S2/c1-14(2)26-18-6-3-5-17(13-18)21-20(23)15-8-10-16(11-9-15)22-28(24,25)19-7-4-12-27-19/h3-14,22H,1-2H3,(H,21,23). The van der Waals surface area contributed by atoms with Crippen LogP contribution in [0.25, 0.3) is 0 Å². The largest absolute Gasteiger partial charge is 0.491 e. The first-order valence-electron chi connectivity index (χ1n) is 8.58. The van der Waals surface area contributed by atoms with Crippen LogP contribution in [0.3, 0.4) is 0 Å². The molecule has 146 valence electrons. The van der Waals surface area contributed by atoms with Crippen molar-refractivity contribution in [2.75, 3.05) is 10.0 Å². The SMILES string of the molecule is CC(C)Oc1cccc(NC(=O)c2ccc(NS(=O)(=O)c3cccs3)cc2)c1. The topological polar surface area (TPSA) is 84.5 Å². The number of ether oxygens (including phenoxy) is 1. The Morgan fingerprint density at radius 2 is 1.75 bits per heavy atom. The van der Waals surface area contributed by atoms with Crippen LogP contribution in [-0.4, -0.2) is 20.4 Å². The average molecular weight is 417 g/mol. The second kappa shape index (κ2) is 8.45. The predicted molar refractivity (Wildman–Crippen MR) is 112 cm³/mol. The molecule has 0 saturated heterocycles. The molecule has 0 radical (unpaired) electrons. The van der Waals surface area contributed by atoms with Crippen molar-refractivity contribution in [3.8, 4) is 5.75 Å². The smallest absolute Gasteiger partial charge is 0.271 e. The van der Waals surface area contributed by atoms with Gasteiger partial charge in [0.1, 0.15) is 9.96 Å². The van der Waals surface area contributed by atoms with Crippen molar-refractivity contribution in [3.63, 3.8) is 0 Å². The molecule has 0 bridgehead atoms. The van der Waals surface area contributed by atoms with Gasteiger partial charge in [-0.1, -0.05) is 12.1 Å². The summed E-state index contributed by atoms with van der Waals surface area (Å²) in [6.07, 6.45) is 0.0384. The maximum atomic E-state index is 12.4. The van der Waals surface area contributed by atoms with Crippen LogP contribution in [0.5, 0.6) is 5.75 Å². The van der Waals surface area contributed by atoms with Crippen molar-refractivity contribution < 1.29 is 17.9 Å². The van der Waals surface area contributed by atoms with Crippen molar-refractivity contribution in [1.82, 2.24) is 0 Å². The number of hydrogen-bond donors (Lipinski definition) is 2. The highest BCUT2D eigenvalue weighted by Crippen LogP contribution is 2.22. The summed E-state index contributed by atoms with van der Waals surface area (Å²) in [5.74, 6) is 0.375. The zero-order valence-electron chi connectivity index (χ0n) is 15.4. The van der Waals surface area contributed by atoms with Crippen molar-refractivity contribution in [2.45, 2.75) is 24.2 Å². The first-order valence-corrected chi connectivity index (χ1v) is 10.9. The molecule has 2 N–H and O–H groups in total. The Hall–Kier alpha value is -2.84. The molecule has 0 fully saturated rings. The van der Waals surface area contributed by atoms with Gasteiger partial charge in [-0.2, -0.15) is 0 Å². The number of amides is 1. The van der Waals surface area contributed by atoms with Gasteiger partial charge in [-0.15, -0.1) is 11.3 Å². The molecule has 0 aliphatic carbocycles. The quantitative estimate of drug-likeness (QED) is 0.590. The van der Waals surface area contributed by atoms with Crippen molar-refractivity contribution in [3.05, 3.63) is 71.6 Å². The predicted octanol–water partition coefficient (Wildman–Crippen LogP) is 4.59. The van der Waals surface area contributed by atoms with Gasteiger partial charge in [0.05, 0.1) is 6.10 Å². The summed E-state index contributed by atoms with van der Waals surface area (Å²) < 4.78 is 32.8. The summed E-state index contributed by atoms with van der Waals surface area (Å²) in [6.45, 7) is 3.86. The van der Waals surface area contributed by atoms with Crippen molar-refractivity contribution in [1.29, 1.82) is 0 Å². The normalized spacial score (nSPS) is 11.2. The Bertz CT molecular complexity index is 1040. The summed E-state index contributed by atoms with van der Waals surface area (Å²) in [7, 11) is -3.61. The number of anilines is 2. The molecule has 0 atom stereocenters. The van der Waals surface area contributed by atoms with E-state index in [1.807, 2.05) is 19.9 Å². The van der Waals surface area contributed by atoms with Crippen LogP contribution in [0.2, 0.25) is 0 Å².